The number of piperidine rings is 1. The van der Waals surface area contributed by atoms with E-state index in [1.807, 2.05) is 0 Å². The Bertz CT molecular complexity index is 276. The number of carbonyl (C=O) groups is 1. The number of carbonyl (C=O) groups excluding carboxylic acids is 1. The molecule has 1 unspecified atom stereocenters. The van der Waals surface area contributed by atoms with Crippen LogP contribution in [0, 0.1) is 0 Å². The molecule has 104 valence electrons. The van der Waals surface area contributed by atoms with Crippen LogP contribution in [0.15, 0.2) is 0 Å². The topological polar surface area (TPSA) is 49.6 Å². The Morgan fingerprint density at radius 3 is 2.72 bits per heavy atom. The van der Waals surface area contributed by atoms with Crippen LogP contribution in [0.4, 0.5) is 0 Å². The van der Waals surface area contributed by atoms with E-state index in [4.69, 9.17) is 5.73 Å². The van der Waals surface area contributed by atoms with Gasteiger partial charge >= 0.3 is 0 Å². The molecule has 0 bridgehead atoms. The molecule has 0 radical (unpaired) electrons. The maximum Gasteiger partial charge on any atom is 0.236 e. The van der Waals surface area contributed by atoms with Gasteiger partial charge in [-0.05, 0) is 52.1 Å². The van der Waals surface area contributed by atoms with Gasteiger partial charge in [-0.3, -0.25) is 9.69 Å². The third-order valence-electron chi connectivity index (χ3n) is 4.24. The Balaban J connectivity index is 1.87. The van der Waals surface area contributed by atoms with Crippen molar-refractivity contribution in [1.29, 1.82) is 0 Å². The highest BCUT2D eigenvalue weighted by molar-refractivity contribution is 5.79. The van der Waals surface area contributed by atoms with Gasteiger partial charge in [0.05, 0.1) is 6.54 Å². The standard InChI is InChI=1S/C14H27N3O/c1-2-17(13-6-7-13)14(18)11-16-10-4-3-5-12(16)8-9-15/h12-13H,2-11,15H2,1H3. The maximum atomic E-state index is 12.3. The van der Waals surface area contributed by atoms with Gasteiger partial charge in [-0.15, -0.1) is 0 Å². The van der Waals surface area contributed by atoms with Crippen molar-refractivity contribution in [1.82, 2.24) is 9.80 Å². The third-order valence-corrected chi connectivity index (χ3v) is 4.24. The number of likely N-dealkylation sites (tertiary alicyclic amines) is 1. The zero-order valence-electron chi connectivity index (χ0n) is 11.6. The van der Waals surface area contributed by atoms with Crippen LogP contribution in [0.1, 0.15) is 45.4 Å². The number of amides is 1. The monoisotopic (exact) mass is 253 g/mol. The first kappa shape index (κ1) is 13.8. The van der Waals surface area contributed by atoms with Gasteiger partial charge in [-0.25, -0.2) is 0 Å². The fourth-order valence-corrected chi connectivity index (χ4v) is 3.08. The first-order chi connectivity index (χ1) is 8.76. The van der Waals surface area contributed by atoms with Crippen LogP contribution in [0.3, 0.4) is 0 Å². The molecule has 1 saturated heterocycles. The van der Waals surface area contributed by atoms with Gasteiger partial charge in [-0.1, -0.05) is 6.42 Å². The first-order valence-corrected chi connectivity index (χ1v) is 7.49. The Morgan fingerprint density at radius 2 is 2.11 bits per heavy atom. The molecule has 2 N–H and O–H groups in total. The van der Waals surface area contributed by atoms with Gasteiger partial charge in [-0.2, -0.15) is 0 Å². The molecule has 0 aromatic heterocycles. The van der Waals surface area contributed by atoms with E-state index >= 15 is 0 Å². The van der Waals surface area contributed by atoms with Gasteiger partial charge in [0.25, 0.3) is 0 Å². The third kappa shape index (κ3) is 3.45. The van der Waals surface area contributed by atoms with Crippen LogP contribution in [-0.4, -0.2) is 54.0 Å². The van der Waals surface area contributed by atoms with E-state index in [0.29, 0.717) is 24.5 Å². The molecule has 1 heterocycles. The van der Waals surface area contributed by atoms with Crippen LogP contribution < -0.4 is 5.73 Å². The Morgan fingerprint density at radius 1 is 1.33 bits per heavy atom. The molecule has 18 heavy (non-hydrogen) atoms. The molecule has 4 nitrogen and oxygen atoms in total. The van der Waals surface area contributed by atoms with Crippen molar-refractivity contribution in [3.63, 3.8) is 0 Å². The SMILES string of the molecule is CCN(C(=O)CN1CCCCC1CCN)C1CC1. The lowest BCUT2D eigenvalue weighted by atomic mass is 9.99. The van der Waals surface area contributed by atoms with Crippen molar-refractivity contribution >= 4 is 5.91 Å². The molecule has 1 amide bonds. The zero-order chi connectivity index (χ0) is 13.0. The minimum atomic E-state index is 0.323. The van der Waals surface area contributed by atoms with E-state index in [1.165, 1.54) is 32.1 Å². The summed E-state index contributed by atoms with van der Waals surface area (Å²) in [5, 5.41) is 0. The quantitative estimate of drug-likeness (QED) is 0.774. The number of nitrogens with two attached hydrogens (primary N) is 1. The van der Waals surface area contributed by atoms with Gasteiger partial charge in [0.1, 0.15) is 0 Å². The molecule has 1 aliphatic heterocycles. The Kier molecular flexibility index (Phi) is 5.01. The first-order valence-electron chi connectivity index (χ1n) is 7.49. The lowest BCUT2D eigenvalue weighted by Crippen LogP contribution is -2.47. The minimum Gasteiger partial charge on any atom is -0.339 e. The van der Waals surface area contributed by atoms with E-state index in [-0.39, 0.29) is 0 Å². The number of nitrogens with zero attached hydrogens (tertiary/aromatic N) is 2. The summed E-state index contributed by atoms with van der Waals surface area (Å²) < 4.78 is 0. The average Bonchev–Trinajstić information content (AvgIpc) is 3.17. The van der Waals surface area contributed by atoms with E-state index in [0.717, 1.165) is 26.1 Å². The van der Waals surface area contributed by atoms with Crippen molar-refractivity contribution in [2.24, 2.45) is 5.73 Å². The number of hydrogen-bond acceptors (Lipinski definition) is 3. The molecule has 0 aromatic rings. The molecule has 0 spiro atoms. The predicted molar refractivity (Wildman–Crippen MR) is 73.3 cm³/mol. The van der Waals surface area contributed by atoms with Gasteiger partial charge in [0, 0.05) is 18.6 Å². The lowest BCUT2D eigenvalue weighted by Gasteiger charge is -2.36. The van der Waals surface area contributed by atoms with Gasteiger partial charge in [0.2, 0.25) is 5.91 Å². The Hall–Kier alpha value is -0.610. The van der Waals surface area contributed by atoms with Crippen LogP contribution in [0.5, 0.6) is 0 Å². The number of hydrogen-bond donors (Lipinski definition) is 1. The summed E-state index contributed by atoms with van der Waals surface area (Å²) in [6.07, 6.45) is 7.15. The van der Waals surface area contributed by atoms with Crippen LogP contribution >= 0.6 is 0 Å². The summed E-state index contributed by atoms with van der Waals surface area (Å²) in [6.45, 7) is 5.35. The second-order valence-corrected chi connectivity index (χ2v) is 5.61. The van der Waals surface area contributed by atoms with Crippen molar-refractivity contribution < 1.29 is 4.79 Å². The molecule has 4 heteroatoms. The van der Waals surface area contributed by atoms with Crippen molar-refractivity contribution in [3.8, 4) is 0 Å². The highest BCUT2D eigenvalue weighted by Gasteiger charge is 2.33. The molecule has 1 atom stereocenters. The van der Waals surface area contributed by atoms with Gasteiger partial charge in [0.15, 0.2) is 0 Å². The van der Waals surface area contributed by atoms with Crippen LogP contribution in [0.2, 0.25) is 0 Å². The molecular weight excluding hydrogens is 226 g/mol. The molecule has 2 rings (SSSR count). The van der Waals surface area contributed by atoms with Crippen molar-refractivity contribution in [3.05, 3.63) is 0 Å². The lowest BCUT2D eigenvalue weighted by molar-refractivity contribution is -0.133. The zero-order valence-corrected chi connectivity index (χ0v) is 11.6. The van der Waals surface area contributed by atoms with Crippen LogP contribution in [0.25, 0.3) is 0 Å². The van der Waals surface area contributed by atoms with Gasteiger partial charge < -0.3 is 10.6 Å². The summed E-state index contributed by atoms with van der Waals surface area (Å²) in [4.78, 5) is 16.8. The van der Waals surface area contributed by atoms with E-state index < -0.39 is 0 Å². The number of likely N-dealkylation sites (N-methyl/N-ethyl adjacent to an activating group) is 1. The molecule has 1 aliphatic carbocycles. The number of rotatable bonds is 6. The highest BCUT2D eigenvalue weighted by atomic mass is 16.2. The summed E-state index contributed by atoms with van der Waals surface area (Å²) >= 11 is 0. The predicted octanol–water partition coefficient (Wildman–Crippen LogP) is 1.20. The normalized spacial score (nSPS) is 25.1. The summed E-state index contributed by atoms with van der Waals surface area (Å²) in [5.41, 5.74) is 5.67. The summed E-state index contributed by atoms with van der Waals surface area (Å²) in [5.74, 6) is 0.323. The highest BCUT2D eigenvalue weighted by Crippen LogP contribution is 2.27. The second kappa shape index (κ2) is 6.53. The van der Waals surface area contributed by atoms with E-state index in [9.17, 15) is 4.79 Å². The summed E-state index contributed by atoms with van der Waals surface area (Å²) in [6, 6.07) is 1.07. The maximum absolute atomic E-state index is 12.3. The minimum absolute atomic E-state index is 0.323. The molecule has 0 aromatic carbocycles. The fraction of sp³-hybridized carbons (Fsp3) is 0.929. The molecule has 2 aliphatic rings. The fourth-order valence-electron chi connectivity index (χ4n) is 3.08. The smallest absolute Gasteiger partial charge is 0.236 e. The largest absolute Gasteiger partial charge is 0.339 e. The molecule has 2 fully saturated rings. The van der Waals surface area contributed by atoms with E-state index in [1.54, 1.807) is 0 Å². The Labute approximate surface area is 110 Å². The second-order valence-electron chi connectivity index (χ2n) is 5.61. The van der Waals surface area contributed by atoms with E-state index in [2.05, 4.69) is 16.7 Å². The van der Waals surface area contributed by atoms with Crippen LogP contribution in [-0.2, 0) is 4.79 Å². The van der Waals surface area contributed by atoms with Crippen molar-refractivity contribution in [2.75, 3.05) is 26.2 Å². The summed E-state index contributed by atoms with van der Waals surface area (Å²) in [7, 11) is 0. The molecular formula is C14H27N3O. The molecule has 1 saturated carbocycles. The average molecular weight is 253 g/mol. The van der Waals surface area contributed by atoms with Crippen molar-refractivity contribution in [2.45, 2.75) is 57.5 Å².